The van der Waals surface area contributed by atoms with Gasteiger partial charge in [0.05, 0.1) is 0 Å². The van der Waals surface area contributed by atoms with Gasteiger partial charge in [0.1, 0.15) is 0 Å². The van der Waals surface area contributed by atoms with Crippen LogP contribution in [0.4, 0.5) is 5.69 Å². The number of rotatable bonds is 5. The Morgan fingerprint density at radius 3 is 2.59 bits per heavy atom. The molecule has 1 aromatic rings. The SMILES string of the molecule is C=CCN(Cc1cccc(N)c1)CC(C)(C)C. The zero-order valence-corrected chi connectivity index (χ0v) is 11.2. The number of nitrogens with zero attached hydrogens (tertiary/aromatic N) is 1. The maximum Gasteiger partial charge on any atom is 0.0317 e. The zero-order chi connectivity index (χ0) is 12.9. The summed E-state index contributed by atoms with van der Waals surface area (Å²) < 4.78 is 0. The van der Waals surface area contributed by atoms with Gasteiger partial charge >= 0.3 is 0 Å². The van der Waals surface area contributed by atoms with Crippen molar-refractivity contribution in [2.75, 3.05) is 18.8 Å². The lowest BCUT2D eigenvalue weighted by Gasteiger charge is -2.29. The highest BCUT2D eigenvalue weighted by molar-refractivity contribution is 5.40. The van der Waals surface area contributed by atoms with Gasteiger partial charge < -0.3 is 5.73 Å². The molecule has 0 fully saturated rings. The molecule has 0 amide bonds. The van der Waals surface area contributed by atoms with E-state index in [4.69, 9.17) is 5.73 Å². The van der Waals surface area contributed by atoms with E-state index < -0.39 is 0 Å². The van der Waals surface area contributed by atoms with E-state index in [1.165, 1.54) is 5.56 Å². The number of nitrogens with two attached hydrogens (primary N) is 1. The Kier molecular flexibility index (Phi) is 4.76. The van der Waals surface area contributed by atoms with Gasteiger partial charge in [-0.2, -0.15) is 0 Å². The Hall–Kier alpha value is -1.28. The van der Waals surface area contributed by atoms with E-state index >= 15 is 0 Å². The maximum atomic E-state index is 5.80. The van der Waals surface area contributed by atoms with Gasteiger partial charge in [-0.3, -0.25) is 4.90 Å². The Bertz CT molecular complexity index is 363. The quantitative estimate of drug-likeness (QED) is 0.623. The summed E-state index contributed by atoms with van der Waals surface area (Å²) in [5.41, 5.74) is 8.18. The second kappa shape index (κ2) is 5.87. The molecule has 0 unspecified atom stereocenters. The van der Waals surface area contributed by atoms with E-state index in [9.17, 15) is 0 Å². The molecule has 1 aromatic carbocycles. The molecule has 0 heterocycles. The van der Waals surface area contributed by atoms with Gasteiger partial charge in [0.2, 0.25) is 0 Å². The molecule has 2 heteroatoms. The lowest BCUT2D eigenvalue weighted by atomic mass is 9.96. The summed E-state index contributed by atoms with van der Waals surface area (Å²) in [5.74, 6) is 0. The fourth-order valence-corrected chi connectivity index (χ4v) is 1.99. The van der Waals surface area contributed by atoms with Crippen molar-refractivity contribution in [2.24, 2.45) is 5.41 Å². The van der Waals surface area contributed by atoms with E-state index in [0.717, 1.165) is 25.3 Å². The maximum absolute atomic E-state index is 5.80. The Balaban J connectivity index is 2.69. The van der Waals surface area contributed by atoms with Crippen LogP contribution >= 0.6 is 0 Å². The summed E-state index contributed by atoms with van der Waals surface area (Å²) in [6.45, 7) is 13.5. The Labute approximate surface area is 105 Å². The summed E-state index contributed by atoms with van der Waals surface area (Å²) in [4.78, 5) is 2.39. The molecule has 0 aliphatic heterocycles. The van der Waals surface area contributed by atoms with Gasteiger partial charge in [-0.25, -0.2) is 0 Å². The van der Waals surface area contributed by atoms with Crippen LogP contribution in [0.1, 0.15) is 26.3 Å². The van der Waals surface area contributed by atoms with Gasteiger partial charge in [0.15, 0.2) is 0 Å². The van der Waals surface area contributed by atoms with Gasteiger partial charge in [-0.15, -0.1) is 6.58 Å². The van der Waals surface area contributed by atoms with Crippen LogP contribution in [-0.2, 0) is 6.54 Å². The standard InChI is InChI=1S/C15H24N2/c1-5-9-17(12-15(2,3)4)11-13-7-6-8-14(16)10-13/h5-8,10H,1,9,11-12,16H2,2-4H3. The van der Waals surface area contributed by atoms with Gasteiger partial charge in [-0.1, -0.05) is 39.0 Å². The van der Waals surface area contributed by atoms with Gasteiger partial charge in [0.25, 0.3) is 0 Å². The van der Waals surface area contributed by atoms with E-state index in [1.54, 1.807) is 0 Å². The predicted molar refractivity (Wildman–Crippen MR) is 75.8 cm³/mol. The van der Waals surface area contributed by atoms with Crippen LogP contribution in [0.2, 0.25) is 0 Å². The smallest absolute Gasteiger partial charge is 0.0317 e. The molecule has 2 N–H and O–H groups in total. The van der Waals surface area contributed by atoms with Crippen LogP contribution < -0.4 is 5.73 Å². The highest BCUT2D eigenvalue weighted by atomic mass is 15.1. The number of benzene rings is 1. The van der Waals surface area contributed by atoms with Crippen LogP contribution in [0, 0.1) is 5.41 Å². The fraction of sp³-hybridized carbons (Fsp3) is 0.467. The minimum atomic E-state index is 0.295. The van der Waals surface area contributed by atoms with Crippen molar-refractivity contribution in [3.8, 4) is 0 Å². The van der Waals surface area contributed by atoms with Crippen LogP contribution in [-0.4, -0.2) is 18.0 Å². The molecule has 17 heavy (non-hydrogen) atoms. The van der Waals surface area contributed by atoms with Crippen LogP contribution in [0.25, 0.3) is 0 Å². The van der Waals surface area contributed by atoms with Crippen LogP contribution in [0.15, 0.2) is 36.9 Å². The molecule has 0 radical (unpaired) electrons. The first-order valence-corrected chi connectivity index (χ1v) is 6.08. The fourth-order valence-electron chi connectivity index (χ4n) is 1.99. The monoisotopic (exact) mass is 232 g/mol. The van der Waals surface area contributed by atoms with Crippen molar-refractivity contribution in [3.63, 3.8) is 0 Å². The molecule has 0 saturated heterocycles. The normalized spacial score (nSPS) is 11.8. The van der Waals surface area contributed by atoms with E-state index in [-0.39, 0.29) is 0 Å². The van der Waals surface area contributed by atoms with Crippen molar-refractivity contribution >= 4 is 5.69 Å². The molecule has 0 bridgehead atoms. The molecular formula is C15H24N2. The molecule has 0 aliphatic carbocycles. The summed E-state index contributed by atoms with van der Waals surface area (Å²) in [5, 5.41) is 0. The highest BCUT2D eigenvalue weighted by Gasteiger charge is 2.15. The first kappa shape index (κ1) is 13.8. The molecule has 2 nitrogen and oxygen atoms in total. The molecule has 0 atom stereocenters. The molecule has 0 aliphatic rings. The number of hydrogen-bond acceptors (Lipinski definition) is 2. The molecule has 94 valence electrons. The van der Waals surface area contributed by atoms with E-state index in [0.29, 0.717) is 5.41 Å². The van der Waals surface area contributed by atoms with E-state index in [2.05, 4.69) is 38.3 Å². The van der Waals surface area contributed by atoms with Crippen molar-refractivity contribution in [1.29, 1.82) is 0 Å². The van der Waals surface area contributed by atoms with Crippen molar-refractivity contribution in [3.05, 3.63) is 42.5 Å². The lowest BCUT2D eigenvalue weighted by Crippen LogP contribution is -2.32. The third kappa shape index (κ3) is 5.55. The second-order valence-corrected chi connectivity index (χ2v) is 5.76. The lowest BCUT2D eigenvalue weighted by molar-refractivity contribution is 0.201. The molecule has 0 aromatic heterocycles. The first-order valence-electron chi connectivity index (χ1n) is 6.08. The second-order valence-electron chi connectivity index (χ2n) is 5.76. The number of anilines is 1. The van der Waals surface area contributed by atoms with Crippen LogP contribution in [0.5, 0.6) is 0 Å². The predicted octanol–water partition coefficient (Wildman–Crippen LogP) is 3.30. The largest absolute Gasteiger partial charge is 0.399 e. The van der Waals surface area contributed by atoms with Crippen LogP contribution in [0.3, 0.4) is 0 Å². The molecular weight excluding hydrogens is 208 g/mol. The minimum Gasteiger partial charge on any atom is -0.399 e. The topological polar surface area (TPSA) is 29.3 Å². The summed E-state index contributed by atoms with van der Waals surface area (Å²) >= 11 is 0. The summed E-state index contributed by atoms with van der Waals surface area (Å²) in [6, 6.07) is 8.09. The third-order valence-corrected chi connectivity index (χ3v) is 2.44. The molecule has 0 saturated carbocycles. The van der Waals surface area contributed by atoms with Crippen molar-refractivity contribution in [2.45, 2.75) is 27.3 Å². The van der Waals surface area contributed by atoms with Gasteiger partial charge in [-0.05, 0) is 23.1 Å². The van der Waals surface area contributed by atoms with E-state index in [1.807, 2.05) is 24.3 Å². The van der Waals surface area contributed by atoms with Crippen molar-refractivity contribution in [1.82, 2.24) is 4.90 Å². The third-order valence-electron chi connectivity index (χ3n) is 2.44. The number of nitrogen functional groups attached to an aromatic ring is 1. The average Bonchev–Trinajstić information content (AvgIpc) is 2.15. The summed E-state index contributed by atoms with van der Waals surface area (Å²) in [6.07, 6.45) is 1.96. The summed E-state index contributed by atoms with van der Waals surface area (Å²) in [7, 11) is 0. The molecule has 1 rings (SSSR count). The number of hydrogen-bond donors (Lipinski definition) is 1. The minimum absolute atomic E-state index is 0.295. The first-order chi connectivity index (χ1) is 7.90. The zero-order valence-electron chi connectivity index (χ0n) is 11.2. The highest BCUT2D eigenvalue weighted by Crippen LogP contribution is 2.17. The molecule has 0 spiro atoms. The average molecular weight is 232 g/mol. The Morgan fingerprint density at radius 1 is 1.35 bits per heavy atom. The Morgan fingerprint density at radius 2 is 2.06 bits per heavy atom. The van der Waals surface area contributed by atoms with Crippen molar-refractivity contribution < 1.29 is 0 Å². The van der Waals surface area contributed by atoms with Gasteiger partial charge in [0, 0.05) is 25.3 Å².